The Morgan fingerprint density at radius 3 is 3.00 bits per heavy atom. The highest BCUT2D eigenvalue weighted by atomic mass is 19.1. The molecule has 0 radical (unpaired) electrons. The Balaban J connectivity index is 1.78. The maximum Gasteiger partial charge on any atom is 0.164 e. The Hall–Kier alpha value is -2.74. The molecule has 0 aliphatic carbocycles. The molecule has 1 unspecified atom stereocenters. The van der Waals surface area contributed by atoms with Gasteiger partial charge in [0.15, 0.2) is 5.82 Å². The number of morpholine rings is 1. The lowest BCUT2D eigenvalue weighted by Gasteiger charge is -2.34. The van der Waals surface area contributed by atoms with Gasteiger partial charge in [-0.3, -0.25) is 0 Å². The topological polar surface area (TPSA) is 79.0 Å². The van der Waals surface area contributed by atoms with Crippen molar-refractivity contribution in [2.24, 2.45) is 0 Å². The van der Waals surface area contributed by atoms with Crippen LogP contribution >= 0.6 is 0 Å². The minimum absolute atomic E-state index is 0.164. The summed E-state index contributed by atoms with van der Waals surface area (Å²) in [6.07, 6.45) is 3.58. The van der Waals surface area contributed by atoms with Crippen molar-refractivity contribution in [1.82, 2.24) is 19.9 Å². The first-order valence-corrected chi connectivity index (χ1v) is 9.49. The average molecular weight is 384 g/mol. The number of aromatic nitrogens is 4. The van der Waals surface area contributed by atoms with Gasteiger partial charge in [-0.2, -0.15) is 0 Å². The van der Waals surface area contributed by atoms with Crippen molar-refractivity contribution in [1.29, 1.82) is 0 Å². The third-order valence-electron chi connectivity index (χ3n) is 4.77. The van der Waals surface area contributed by atoms with Gasteiger partial charge in [-0.25, -0.2) is 19.3 Å². The highest BCUT2D eigenvalue weighted by molar-refractivity contribution is 5.91. The molecule has 3 aromatic rings. The minimum atomic E-state index is -1.35. The molecule has 0 bridgehead atoms. The molecule has 4 heterocycles. The number of fused-ring (bicyclic) bond motifs is 1. The number of pyridine rings is 1. The van der Waals surface area contributed by atoms with Gasteiger partial charge in [0.1, 0.15) is 23.0 Å². The first kappa shape index (κ1) is 18.6. The Kier molecular flexibility index (Phi) is 4.89. The summed E-state index contributed by atoms with van der Waals surface area (Å²) in [5.41, 5.74) is 0.324. The molecule has 4 rings (SSSR count). The van der Waals surface area contributed by atoms with E-state index in [1.807, 2.05) is 24.4 Å². The molecule has 1 aliphatic rings. The molecule has 8 heteroatoms. The van der Waals surface area contributed by atoms with Crippen molar-refractivity contribution in [2.45, 2.75) is 32.5 Å². The molecule has 1 saturated heterocycles. The Labute approximate surface area is 163 Å². The van der Waals surface area contributed by atoms with E-state index in [1.165, 1.54) is 0 Å². The van der Waals surface area contributed by atoms with Gasteiger partial charge in [0, 0.05) is 42.5 Å². The summed E-state index contributed by atoms with van der Waals surface area (Å²) in [4.78, 5) is 19.2. The second kappa shape index (κ2) is 7.35. The van der Waals surface area contributed by atoms with E-state index in [2.05, 4.69) is 32.1 Å². The van der Waals surface area contributed by atoms with Gasteiger partial charge in [0.2, 0.25) is 0 Å². The number of halogens is 1. The van der Waals surface area contributed by atoms with Crippen molar-refractivity contribution in [3.63, 3.8) is 0 Å². The number of ether oxygens (including phenoxy) is 1. The first-order chi connectivity index (χ1) is 13.4. The molecule has 1 fully saturated rings. The lowest BCUT2D eigenvalue weighted by molar-refractivity contribution is 0.0985. The van der Waals surface area contributed by atoms with Gasteiger partial charge in [-0.15, -0.1) is 0 Å². The zero-order chi connectivity index (χ0) is 19.7. The molecule has 7 nitrogen and oxygen atoms in total. The second-order valence-electron chi connectivity index (χ2n) is 7.72. The van der Waals surface area contributed by atoms with Crippen LogP contribution in [0.3, 0.4) is 0 Å². The lowest BCUT2D eigenvalue weighted by Crippen LogP contribution is -2.44. The molecule has 148 valence electrons. The third kappa shape index (κ3) is 3.91. The number of alkyl halides is 1. The quantitative estimate of drug-likeness (QED) is 0.702. The molecular weight excluding hydrogens is 359 g/mol. The number of H-pyrrole nitrogens is 1. The van der Waals surface area contributed by atoms with Gasteiger partial charge >= 0.3 is 0 Å². The van der Waals surface area contributed by atoms with Crippen LogP contribution in [0.5, 0.6) is 0 Å². The van der Waals surface area contributed by atoms with E-state index in [0.717, 1.165) is 29.0 Å². The maximum absolute atomic E-state index is 14.0. The summed E-state index contributed by atoms with van der Waals surface area (Å²) in [5.74, 6) is 1.99. The van der Waals surface area contributed by atoms with E-state index < -0.39 is 5.67 Å². The number of rotatable bonds is 5. The predicted molar refractivity (Wildman–Crippen MR) is 108 cm³/mol. The molecule has 0 saturated carbocycles. The molecule has 3 aromatic heterocycles. The van der Waals surface area contributed by atoms with E-state index in [9.17, 15) is 4.39 Å². The van der Waals surface area contributed by atoms with Crippen molar-refractivity contribution in [3.8, 4) is 11.4 Å². The van der Waals surface area contributed by atoms with Gasteiger partial charge in [-0.1, -0.05) is 0 Å². The van der Waals surface area contributed by atoms with E-state index in [-0.39, 0.29) is 12.6 Å². The van der Waals surface area contributed by atoms with Gasteiger partial charge < -0.3 is 19.9 Å². The molecule has 1 atom stereocenters. The summed E-state index contributed by atoms with van der Waals surface area (Å²) in [6.45, 7) is 7.41. The molecule has 1 aliphatic heterocycles. The molecule has 0 aromatic carbocycles. The van der Waals surface area contributed by atoms with Gasteiger partial charge in [-0.05, 0) is 32.9 Å². The fraction of sp³-hybridized carbons (Fsp3) is 0.450. The lowest BCUT2D eigenvalue weighted by atomic mass is 10.1. The van der Waals surface area contributed by atoms with Gasteiger partial charge in [0.05, 0.1) is 19.3 Å². The molecular formula is C20H25FN6O. The van der Waals surface area contributed by atoms with Crippen LogP contribution in [0, 0.1) is 0 Å². The van der Waals surface area contributed by atoms with E-state index >= 15 is 0 Å². The Bertz CT molecular complexity index is 967. The van der Waals surface area contributed by atoms with Crippen LogP contribution in [-0.4, -0.2) is 57.9 Å². The number of hydrogen-bond donors (Lipinski definition) is 2. The van der Waals surface area contributed by atoms with Crippen molar-refractivity contribution < 1.29 is 9.13 Å². The highest BCUT2D eigenvalue weighted by Crippen LogP contribution is 2.29. The smallest absolute Gasteiger partial charge is 0.164 e. The normalized spacial score (nSPS) is 17.9. The monoisotopic (exact) mass is 384 g/mol. The van der Waals surface area contributed by atoms with Crippen LogP contribution < -0.4 is 10.2 Å². The maximum atomic E-state index is 14.0. The van der Waals surface area contributed by atoms with Gasteiger partial charge in [0.25, 0.3) is 0 Å². The number of nitrogens with one attached hydrogen (secondary N) is 2. The van der Waals surface area contributed by atoms with Crippen LogP contribution in [0.1, 0.15) is 20.8 Å². The summed E-state index contributed by atoms with van der Waals surface area (Å²) in [5, 5.41) is 4.07. The fourth-order valence-electron chi connectivity index (χ4n) is 3.32. The third-order valence-corrected chi connectivity index (χ3v) is 4.77. The van der Waals surface area contributed by atoms with Crippen molar-refractivity contribution in [2.75, 3.05) is 36.5 Å². The number of anilines is 2. The van der Waals surface area contributed by atoms with E-state index in [0.29, 0.717) is 24.9 Å². The summed E-state index contributed by atoms with van der Waals surface area (Å²) in [7, 11) is 0. The average Bonchev–Trinajstić information content (AvgIpc) is 3.15. The number of hydrogen-bond acceptors (Lipinski definition) is 6. The number of nitrogens with zero attached hydrogens (tertiary/aromatic N) is 4. The Morgan fingerprint density at radius 2 is 2.21 bits per heavy atom. The second-order valence-corrected chi connectivity index (χ2v) is 7.72. The van der Waals surface area contributed by atoms with Crippen molar-refractivity contribution >= 4 is 22.7 Å². The highest BCUT2D eigenvalue weighted by Gasteiger charge is 2.23. The van der Waals surface area contributed by atoms with E-state index in [1.54, 1.807) is 20.0 Å². The fourth-order valence-corrected chi connectivity index (χ4v) is 3.32. The predicted octanol–water partition coefficient (Wildman–Crippen LogP) is 3.41. The standard InChI is InChI=1S/C20H25FN6O/c1-13-11-28-9-8-27(13)17-10-16(24-12-20(2,3)21)25-19(26-17)15-5-7-23-18-14(15)4-6-22-18/h4-7,10,13H,8-9,11-12H2,1-3H3,(H,22,23)(H,24,25,26). The summed E-state index contributed by atoms with van der Waals surface area (Å²) < 4.78 is 19.6. The zero-order valence-electron chi connectivity index (χ0n) is 16.4. The van der Waals surface area contributed by atoms with Crippen molar-refractivity contribution in [3.05, 3.63) is 30.6 Å². The van der Waals surface area contributed by atoms with Crippen LogP contribution in [0.15, 0.2) is 30.6 Å². The van der Waals surface area contributed by atoms with Crippen LogP contribution in [-0.2, 0) is 4.74 Å². The Morgan fingerprint density at radius 1 is 1.36 bits per heavy atom. The molecule has 28 heavy (non-hydrogen) atoms. The minimum Gasteiger partial charge on any atom is -0.377 e. The molecule has 2 N–H and O–H groups in total. The summed E-state index contributed by atoms with van der Waals surface area (Å²) in [6, 6.07) is 5.95. The van der Waals surface area contributed by atoms with Crippen LogP contribution in [0.25, 0.3) is 22.4 Å². The first-order valence-electron chi connectivity index (χ1n) is 9.49. The van der Waals surface area contributed by atoms with E-state index in [4.69, 9.17) is 9.72 Å². The summed E-state index contributed by atoms with van der Waals surface area (Å²) >= 11 is 0. The SMILES string of the molecule is CC1COCCN1c1cc(NCC(C)(C)F)nc(-c2ccnc3[nH]ccc23)n1. The van der Waals surface area contributed by atoms with Crippen LogP contribution in [0.2, 0.25) is 0 Å². The largest absolute Gasteiger partial charge is 0.377 e. The molecule has 0 spiro atoms. The van der Waals surface area contributed by atoms with Crippen LogP contribution in [0.4, 0.5) is 16.0 Å². The zero-order valence-corrected chi connectivity index (χ0v) is 16.4. The molecule has 0 amide bonds. The number of aromatic amines is 1.